The Labute approximate surface area is 60.5 Å². The van der Waals surface area contributed by atoms with Crippen LogP contribution in [0.2, 0.25) is 0 Å². The summed E-state index contributed by atoms with van der Waals surface area (Å²) in [4.78, 5) is 0. The molecule has 0 atom stereocenters. The Bertz CT molecular complexity index is 224. The Morgan fingerprint density at radius 1 is 1.20 bits per heavy atom. The Balaban J connectivity index is 3.20. The summed E-state index contributed by atoms with van der Waals surface area (Å²) in [6.07, 6.45) is 2.79. The minimum atomic E-state index is 0.803. The smallest absolute Gasteiger partial charge is 0.0574 e. The number of rotatable bonds is 2. The highest BCUT2D eigenvalue weighted by molar-refractivity contribution is 5.83. The van der Waals surface area contributed by atoms with Crippen molar-refractivity contribution in [2.75, 3.05) is 0 Å². The van der Waals surface area contributed by atoms with E-state index in [4.69, 9.17) is 5.41 Å². The van der Waals surface area contributed by atoms with E-state index in [1.54, 1.807) is 6.08 Å². The van der Waals surface area contributed by atoms with Crippen LogP contribution in [0.15, 0.2) is 30.8 Å². The molecule has 1 radical (unpaired) electrons. The SMILES string of the molecule is C=Cc1ccccc1C=[N]. The Kier molecular flexibility index (Phi) is 2.00. The molecule has 10 heavy (non-hydrogen) atoms. The Morgan fingerprint density at radius 2 is 1.80 bits per heavy atom. The van der Waals surface area contributed by atoms with Crippen LogP contribution in [0.25, 0.3) is 6.08 Å². The summed E-state index contributed by atoms with van der Waals surface area (Å²) in [7, 11) is 0. The molecule has 1 aromatic carbocycles. The standard InChI is InChI=1S/C9H8N/c1-2-8-5-3-4-6-9(8)7-10/h2-7H,1H2. The molecule has 1 heteroatoms. The first-order valence-corrected chi connectivity index (χ1v) is 3.07. The summed E-state index contributed by atoms with van der Waals surface area (Å²) < 4.78 is 0. The highest BCUT2D eigenvalue weighted by atomic mass is 14.3. The molecule has 1 rings (SSSR count). The lowest BCUT2D eigenvalue weighted by Crippen LogP contribution is -1.84. The van der Waals surface area contributed by atoms with E-state index in [0.717, 1.165) is 17.3 Å². The molecule has 0 bridgehead atoms. The molecule has 0 unspecified atom stereocenters. The van der Waals surface area contributed by atoms with E-state index in [1.165, 1.54) is 0 Å². The maximum atomic E-state index is 8.68. The zero-order chi connectivity index (χ0) is 7.40. The lowest BCUT2D eigenvalue weighted by Gasteiger charge is -1.95. The number of nitrogens with zero attached hydrogens (tertiary/aromatic N) is 1. The molecule has 1 nitrogen and oxygen atoms in total. The summed E-state index contributed by atoms with van der Waals surface area (Å²) in [5.41, 5.74) is 1.75. The summed E-state index contributed by atoms with van der Waals surface area (Å²) in [5, 5.41) is 8.68. The van der Waals surface area contributed by atoms with Gasteiger partial charge in [-0.15, -0.1) is 0 Å². The molecule has 0 spiro atoms. The third-order valence-electron chi connectivity index (χ3n) is 1.36. The molecule has 0 aliphatic carbocycles. The maximum Gasteiger partial charge on any atom is 0.0574 e. The zero-order valence-corrected chi connectivity index (χ0v) is 5.62. The molecule has 0 aliphatic heterocycles. The topological polar surface area (TPSA) is 22.3 Å². The van der Waals surface area contributed by atoms with Gasteiger partial charge in [0.1, 0.15) is 0 Å². The average Bonchev–Trinajstić information content (AvgIpc) is 2.04. The predicted molar refractivity (Wildman–Crippen MR) is 43.8 cm³/mol. The molecule has 49 valence electrons. The first kappa shape index (κ1) is 6.75. The monoisotopic (exact) mass is 130 g/mol. The summed E-state index contributed by atoms with van der Waals surface area (Å²) in [6, 6.07) is 7.51. The molecular formula is C9H8N. The van der Waals surface area contributed by atoms with Crippen LogP contribution >= 0.6 is 0 Å². The molecule has 0 heterocycles. The molecule has 0 aliphatic rings. The molecule has 0 amide bonds. The van der Waals surface area contributed by atoms with Gasteiger partial charge in [0.15, 0.2) is 0 Å². The van der Waals surface area contributed by atoms with E-state index >= 15 is 0 Å². The lowest BCUT2D eigenvalue weighted by molar-refractivity contribution is 1.62. The van der Waals surface area contributed by atoms with Gasteiger partial charge in [0.05, 0.1) is 6.21 Å². The van der Waals surface area contributed by atoms with Gasteiger partial charge in [0.25, 0.3) is 0 Å². The van der Waals surface area contributed by atoms with Crippen molar-refractivity contribution in [1.82, 2.24) is 5.41 Å². The van der Waals surface area contributed by atoms with Crippen molar-refractivity contribution >= 4 is 12.3 Å². The van der Waals surface area contributed by atoms with Crippen LogP contribution in [0.1, 0.15) is 11.1 Å². The van der Waals surface area contributed by atoms with Crippen molar-refractivity contribution in [2.45, 2.75) is 0 Å². The number of hydrogen-bond donors (Lipinski definition) is 0. The van der Waals surface area contributed by atoms with Crippen LogP contribution in [-0.2, 0) is 0 Å². The van der Waals surface area contributed by atoms with Gasteiger partial charge in [0, 0.05) is 5.56 Å². The molecule has 1 aromatic rings. The van der Waals surface area contributed by atoms with Gasteiger partial charge in [0.2, 0.25) is 0 Å². The first-order chi connectivity index (χ1) is 4.88. The van der Waals surface area contributed by atoms with E-state index < -0.39 is 0 Å². The molecule has 0 saturated heterocycles. The summed E-state index contributed by atoms with van der Waals surface area (Å²) >= 11 is 0. The van der Waals surface area contributed by atoms with Gasteiger partial charge < -0.3 is 0 Å². The fourth-order valence-electron chi connectivity index (χ4n) is 0.814. The van der Waals surface area contributed by atoms with Crippen molar-refractivity contribution in [1.29, 1.82) is 0 Å². The van der Waals surface area contributed by atoms with Crippen LogP contribution in [0, 0.1) is 0 Å². The normalized spacial score (nSPS) is 8.80. The first-order valence-electron chi connectivity index (χ1n) is 3.07. The van der Waals surface area contributed by atoms with Crippen molar-refractivity contribution in [3.05, 3.63) is 42.0 Å². The van der Waals surface area contributed by atoms with Gasteiger partial charge in [-0.1, -0.05) is 36.9 Å². The van der Waals surface area contributed by atoms with Crippen molar-refractivity contribution < 1.29 is 0 Å². The van der Waals surface area contributed by atoms with Crippen LogP contribution in [-0.4, -0.2) is 6.21 Å². The minimum Gasteiger partial charge on any atom is -0.158 e. The zero-order valence-electron chi connectivity index (χ0n) is 5.62. The van der Waals surface area contributed by atoms with Crippen molar-refractivity contribution in [2.24, 2.45) is 0 Å². The fourth-order valence-corrected chi connectivity index (χ4v) is 0.814. The number of hydrogen-bond acceptors (Lipinski definition) is 0. The Hall–Kier alpha value is -1.37. The van der Waals surface area contributed by atoms with Gasteiger partial charge in [-0.25, -0.2) is 0 Å². The van der Waals surface area contributed by atoms with E-state index in [9.17, 15) is 0 Å². The predicted octanol–water partition coefficient (Wildman–Crippen LogP) is 1.55. The van der Waals surface area contributed by atoms with Gasteiger partial charge in [-0.05, 0) is 5.56 Å². The molecular weight excluding hydrogens is 122 g/mol. The number of benzene rings is 1. The second-order valence-corrected chi connectivity index (χ2v) is 1.96. The quantitative estimate of drug-likeness (QED) is 0.542. The summed E-state index contributed by atoms with van der Waals surface area (Å²) in [5.74, 6) is 0. The van der Waals surface area contributed by atoms with Crippen LogP contribution < -0.4 is 5.41 Å². The van der Waals surface area contributed by atoms with Gasteiger partial charge in [-0.2, -0.15) is 5.41 Å². The Morgan fingerprint density at radius 3 is 2.20 bits per heavy atom. The second kappa shape index (κ2) is 2.97. The largest absolute Gasteiger partial charge is 0.158 e. The van der Waals surface area contributed by atoms with E-state index in [-0.39, 0.29) is 0 Å². The van der Waals surface area contributed by atoms with Crippen molar-refractivity contribution in [3.8, 4) is 0 Å². The van der Waals surface area contributed by atoms with Crippen LogP contribution in [0.5, 0.6) is 0 Å². The highest BCUT2D eigenvalue weighted by Gasteiger charge is 1.91. The second-order valence-electron chi connectivity index (χ2n) is 1.96. The van der Waals surface area contributed by atoms with Crippen LogP contribution in [0.4, 0.5) is 0 Å². The van der Waals surface area contributed by atoms with Gasteiger partial charge in [-0.3, -0.25) is 0 Å². The van der Waals surface area contributed by atoms with E-state index in [2.05, 4.69) is 6.58 Å². The lowest BCUT2D eigenvalue weighted by atomic mass is 10.1. The molecule has 0 aromatic heterocycles. The fraction of sp³-hybridized carbons (Fsp3) is 0. The van der Waals surface area contributed by atoms with Crippen molar-refractivity contribution in [3.63, 3.8) is 0 Å². The van der Waals surface area contributed by atoms with Crippen LogP contribution in [0.3, 0.4) is 0 Å². The molecule has 0 fully saturated rings. The minimum absolute atomic E-state index is 0.803. The molecule has 0 saturated carbocycles. The highest BCUT2D eigenvalue weighted by Crippen LogP contribution is 2.05. The third kappa shape index (κ3) is 1.13. The van der Waals surface area contributed by atoms with E-state index in [0.29, 0.717) is 0 Å². The van der Waals surface area contributed by atoms with E-state index in [1.807, 2.05) is 24.3 Å². The molecule has 0 N–H and O–H groups in total. The maximum absolute atomic E-state index is 8.68. The summed E-state index contributed by atoms with van der Waals surface area (Å²) in [6.45, 7) is 3.61. The third-order valence-corrected chi connectivity index (χ3v) is 1.36. The van der Waals surface area contributed by atoms with Gasteiger partial charge >= 0.3 is 0 Å². The average molecular weight is 130 g/mol.